The zero-order valence-corrected chi connectivity index (χ0v) is 14.7. The first-order valence-electron chi connectivity index (χ1n) is 8.23. The second-order valence-electron chi connectivity index (χ2n) is 6.38. The number of hydrogen-bond acceptors (Lipinski definition) is 5. The van der Waals surface area contributed by atoms with Gasteiger partial charge in [0.2, 0.25) is 0 Å². The number of rotatable bonds is 6. The fraction of sp³-hybridized carbons (Fsp3) is 0.353. The third kappa shape index (κ3) is 3.48. The summed E-state index contributed by atoms with van der Waals surface area (Å²) in [4.78, 5) is 0. The van der Waals surface area contributed by atoms with Crippen LogP contribution >= 0.6 is 0 Å². The number of nitrogens with zero attached hydrogens (tertiary/aromatic N) is 5. The molecule has 1 aliphatic carbocycles. The molecule has 0 atom stereocenters. The molecule has 130 valence electrons. The normalized spacial score (nSPS) is 14.8. The molecule has 0 aliphatic heterocycles. The van der Waals surface area contributed by atoms with E-state index in [1.54, 1.807) is 16.9 Å². The van der Waals surface area contributed by atoms with Gasteiger partial charge in [0.15, 0.2) is 9.84 Å². The van der Waals surface area contributed by atoms with Crippen LogP contribution in [0.1, 0.15) is 36.2 Å². The van der Waals surface area contributed by atoms with Crippen LogP contribution in [0.25, 0.3) is 5.69 Å². The van der Waals surface area contributed by atoms with E-state index in [4.69, 9.17) is 0 Å². The highest BCUT2D eigenvalue weighted by atomic mass is 32.2. The molecule has 0 bridgehead atoms. The molecule has 0 N–H and O–H groups in total. The van der Waals surface area contributed by atoms with Crippen LogP contribution < -0.4 is 0 Å². The Bertz CT molecular complexity index is 987. The first-order chi connectivity index (χ1) is 12.0. The van der Waals surface area contributed by atoms with Crippen molar-refractivity contribution in [3.05, 3.63) is 59.9 Å². The van der Waals surface area contributed by atoms with Crippen LogP contribution in [-0.2, 0) is 21.3 Å². The van der Waals surface area contributed by atoms with Crippen molar-refractivity contribution in [1.29, 1.82) is 0 Å². The molecule has 3 aromatic rings. The van der Waals surface area contributed by atoms with E-state index in [1.165, 1.54) is 0 Å². The van der Waals surface area contributed by atoms with Crippen LogP contribution in [0.4, 0.5) is 0 Å². The Morgan fingerprint density at radius 2 is 1.84 bits per heavy atom. The van der Waals surface area contributed by atoms with Crippen LogP contribution in [0.2, 0.25) is 0 Å². The monoisotopic (exact) mass is 357 g/mol. The summed E-state index contributed by atoms with van der Waals surface area (Å²) in [6.07, 6.45) is 3.90. The maximum Gasteiger partial charge on any atom is 0.163 e. The number of aryl methyl sites for hydroxylation is 1. The molecule has 8 heteroatoms. The van der Waals surface area contributed by atoms with Crippen LogP contribution in [-0.4, -0.2) is 33.0 Å². The Kier molecular flexibility index (Phi) is 3.91. The molecule has 1 aromatic carbocycles. The van der Waals surface area contributed by atoms with E-state index in [-0.39, 0.29) is 11.5 Å². The summed E-state index contributed by atoms with van der Waals surface area (Å²) >= 11 is 0. The topological polar surface area (TPSA) is 82.7 Å². The molecule has 2 heterocycles. The first kappa shape index (κ1) is 16.0. The van der Waals surface area contributed by atoms with Gasteiger partial charge in [0.25, 0.3) is 0 Å². The van der Waals surface area contributed by atoms with Crippen molar-refractivity contribution in [2.24, 2.45) is 0 Å². The van der Waals surface area contributed by atoms with E-state index in [9.17, 15) is 8.42 Å². The fourth-order valence-electron chi connectivity index (χ4n) is 2.96. The number of benzene rings is 1. The van der Waals surface area contributed by atoms with Gasteiger partial charge in [0.05, 0.1) is 17.1 Å². The molecule has 1 aliphatic rings. The third-order valence-corrected chi connectivity index (χ3v) is 5.66. The maximum atomic E-state index is 12.6. The number of hydrogen-bond donors (Lipinski definition) is 0. The molecule has 7 nitrogen and oxygen atoms in total. The van der Waals surface area contributed by atoms with Gasteiger partial charge >= 0.3 is 0 Å². The highest BCUT2D eigenvalue weighted by Gasteiger charge is 2.30. The predicted octanol–water partition coefficient (Wildman–Crippen LogP) is 2.22. The molecule has 0 saturated heterocycles. The quantitative estimate of drug-likeness (QED) is 0.675. The number of aromatic nitrogens is 5. The SMILES string of the molecule is Cc1nnc(CS(=O)(=O)Cc2ccn(-c3ccccc3)n2)n1C1CC1. The molecule has 1 saturated carbocycles. The lowest BCUT2D eigenvalue weighted by Crippen LogP contribution is -2.13. The van der Waals surface area contributed by atoms with Gasteiger partial charge in [-0.25, -0.2) is 13.1 Å². The molecule has 0 spiro atoms. The van der Waals surface area contributed by atoms with Crippen molar-refractivity contribution in [1.82, 2.24) is 24.5 Å². The number of para-hydroxylation sites is 1. The van der Waals surface area contributed by atoms with Crippen molar-refractivity contribution in [3.63, 3.8) is 0 Å². The van der Waals surface area contributed by atoms with Crippen molar-refractivity contribution in [2.45, 2.75) is 37.3 Å². The smallest absolute Gasteiger partial charge is 0.163 e. The molecule has 1 fully saturated rings. The average Bonchev–Trinajstić information content (AvgIpc) is 3.20. The lowest BCUT2D eigenvalue weighted by Gasteiger charge is -2.07. The molecular formula is C17H19N5O2S. The van der Waals surface area contributed by atoms with Gasteiger partial charge in [-0.3, -0.25) is 0 Å². The van der Waals surface area contributed by atoms with Gasteiger partial charge in [0, 0.05) is 12.2 Å². The summed E-state index contributed by atoms with van der Waals surface area (Å²) in [6, 6.07) is 11.7. The molecule has 2 aromatic heterocycles. The predicted molar refractivity (Wildman–Crippen MR) is 92.9 cm³/mol. The van der Waals surface area contributed by atoms with Crippen molar-refractivity contribution in [2.75, 3.05) is 0 Å². The molecule has 25 heavy (non-hydrogen) atoms. The highest BCUT2D eigenvalue weighted by Crippen LogP contribution is 2.36. The minimum atomic E-state index is -3.37. The van der Waals surface area contributed by atoms with E-state index in [1.807, 2.05) is 41.8 Å². The van der Waals surface area contributed by atoms with Gasteiger partial charge in [-0.05, 0) is 38.0 Å². The second-order valence-corrected chi connectivity index (χ2v) is 8.45. The van der Waals surface area contributed by atoms with E-state index >= 15 is 0 Å². The Hall–Kier alpha value is -2.48. The summed E-state index contributed by atoms with van der Waals surface area (Å²) in [5, 5.41) is 12.5. The van der Waals surface area contributed by atoms with Gasteiger partial charge in [-0.1, -0.05) is 18.2 Å². The van der Waals surface area contributed by atoms with E-state index in [2.05, 4.69) is 15.3 Å². The van der Waals surface area contributed by atoms with Gasteiger partial charge < -0.3 is 4.57 Å². The standard InChI is InChI=1S/C17H19N5O2S/c1-13-18-19-17(22(13)16-7-8-16)12-25(23,24)11-14-9-10-21(20-14)15-5-3-2-4-6-15/h2-6,9-10,16H,7-8,11-12H2,1H3. The number of sulfone groups is 1. The minimum Gasteiger partial charge on any atom is -0.311 e. The highest BCUT2D eigenvalue weighted by molar-refractivity contribution is 7.89. The zero-order chi connectivity index (χ0) is 17.4. The molecule has 0 amide bonds. The van der Waals surface area contributed by atoms with Crippen molar-refractivity contribution >= 4 is 9.84 Å². The summed E-state index contributed by atoms with van der Waals surface area (Å²) < 4.78 is 28.8. The molecule has 0 radical (unpaired) electrons. The first-order valence-corrected chi connectivity index (χ1v) is 10.0. The summed E-state index contributed by atoms with van der Waals surface area (Å²) in [5.41, 5.74) is 1.42. The summed E-state index contributed by atoms with van der Waals surface area (Å²) in [7, 11) is -3.37. The van der Waals surface area contributed by atoms with E-state index in [0.29, 0.717) is 17.6 Å². The largest absolute Gasteiger partial charge is 0.311 e. The Morgan fingerprint density at radius 3 is 2.56 bits per heavy atom. The Balaban J connectivity index is 1.51. The Labute approximate surface area is 146 Å². The minimum absolute atomic E-state index is 0.108. The zero-order valence-electron chi connectivity index (χ0n) is 13.9. The summed E-state index contributed by atoms with van der Waals surface area (Å²) in [5.74, 6) is 1.09. The van der Waals surface area contributed by atoms with E-state index in [0.717, 1.165) is 24.4 Å². The van der Waals surface area contributed by atoms with Crippen LogP contribution in [0.15, 0.2) is 42.6 Å². The van der Waals surface area contributed by atoms with Crippen molar-refractivity contribution < 1.29 is 8.42 Å². The lowest BCUT2D eigenvalue weighted by atomic mass is 10.3. The van der Waals surface area contributed by atoms with Gasteiger partial charge in [0.1, 0.15) is 17.4 Å². The maximum absolute atomic E-state index is 12.6. The molecule has 4 rings (SSSR count). The van der Waals surface area contributed by atoms with Crippen molar-refractivity contribution in [3.8, 4) is 5.69 Å². The fourth-order valence-corrected chi connectivity index (χ4v) is 4.25. The van der Waals surface area contributed by atoms with Gasteiger partial charge in [-0.15, -0.1) is 10.2 Å². The van der Waals surface area contributed by atoms with E-state index < -0.39 is 9.84 Å². The average molecular weight is 357 g/mol. The second kappa shape index (κ2) is 6.11. The molecular weight excluding hydrogens is 338 g/mol. The third-order valence-electron chi connectivity index (χ3n) is 4.23. The van der Waals surface area contributed by atoms with Gasteiger partial charge in [-0.2, -0.15) is 5.10 Å². The van der Waals surface area contributed by atoms with Crippen LogP contribution in [0, 0.1) is 6.92 Å². The van der Waals surface area contributed by atoms with Crippen LogP contribution in [0.5, 0.6) is 0 Å². The Morgan fingerprint density at radius 1 is 1.08 bits per heavy atom. The van der Waals surface area contributed by atoms with Crippen LogP contribution in [0.3, 0.4) is 0 Å². The lowest BCUT2D eigenvalue weighted by molar-refractivity contribution is 0.587. The summed E-state index contributed by atoms with van der Waals surface area (Å²) in [6.45, 7) is 1.86. The molecule has 0 unspecified atom stereocenters.